The first kappa shape index (κ1) is 37.3. The molecule has 11 heteroatoms. The zero-order chi connectivity index (χ0) is 34.8. The molecule has 48 heavy (non-hydrogen) atoms. The molecule has 256 valence electrons. The van der Waals surface area contributed by atoms with E-state index in [1.54, 1.807) is 32.9 Å². The van der Waals surface area contributed by atoms with E-state index in [2.05, 4.69) is 16.0 Å². The van der Waals surface area contributed by atoms with Crippen LogP contribution in [0.4, 0.5) is 4.79 Å². The summed E-state index contributed by atoms with van der Waals surface area (Å²) in [5.74, 6) is -2.57. The second kappa shape index (κ2) is 19.5. The Kier molecular flexibility index (Phi) is 15.1. The number of amides is 3. The normalized spacial score (nSPS) is 12.1. The molecule has 0 radical (unpaired) electrons. The minimum atomic E-state index is -1.32. The molecule has 3 rings (SSSR count). The number of hydrogen-bond acceptors (Lipinski definition) is 8. The molecular formula is C37H45N3O8. The van der Waals surface area contributed by atoms with Crippen LogP contribution in [0.2, 0.25) is 0 Å². The number of benzene rings is 3. The van der Waals surface area contributed by atoms with Crippen LogP contribution in [-0.2, 0) is 53.0 Å². The third-order valence-corrected chi connectivity index (χ3v) is 6.87. The van der Waals surface area contributed by atoms with Crippen molar-refractivity contribution < 1.29 is 38.2 Å². The summed E-state index contributed by atoms with van der Waals surface area (Å²) in [7, 11) is 0. The van der Waals surface area contributed by atoms with Crippen molar-refractivity contribution in [2.45, 2.75) is 83.8 Å². The van der Waals surface area contributed by atoms with Crippen LogP contribution in [0.3, 0.4) is 0 Å². The second-order valence-corrected chi connectivity index (χ2v) is 12.2. The van der Waals surface area contributed by atoms with E-state index in [1.165, 1.54) is 0 Å². The molecule has 0 spiro atoms. The predicted molar refractivity (Wildman–Crippen MR) is 179 cm³/mol. The van der Waals surface area contributed by atoms with Gasteiger partial charge in [0.1, 0.15) is 30.9 Å². The average Bonchev–Trinajstić information content (AvgIpc) is 3.06. The molecule has 2 atom stereocenters. The standard InChI is InChI=1S/C37H45N3O8/c1-37(2,3)48-36(45)38-22-14-13-21-32(41)39-30(24-33(42)46-25-28-17-9-5-10-18-28)34(43)40-31(23-27-15-7-4-8-16-27)35(44)47-26-29-19-11-6-12-20-29/h4-12,15-20,30-31H,13-14,21-26H2,1-3H3,(H,38,45)(H,39,41)(H,40,43)/t30-,31-/m0/s1. The predicted octanol–water partition coefficient (Wildman–Crippen LogP) is 4.77. The summed E-state index contributed by atoms with van der Waals surface area (Å²) in [6, 6.07) is 24.9. The van der Waals surface area contributed by atoms with E-state index in [1.807, 2.05) is 78.9 Å². The van der Waals surface area contributed by atoms with Gasteiger partial charge in [0.25, 0.3) is 0 Å². The maximum atomic E-state index is 13.6. The summed E-state index contributed by atoms with van der Waals surface area (Å²) in [4.78, 5) is 64.5. The number of carbonyl (C=O) groups is 5. The number of rotatable bonds is 17. The Bertz CT molecular complexity index is 1460. The summed E-state index contributed by atoms with van der Waals surface area (Å²) in [5, 5.41) is 7.96. The number of nitrogens with one attached hydrogen (secondary N) is 3. The molecule has 0 saturated heterocycles. The molecular weight excluding hydrogens is 614 g/mol. The maximum absolute atomic E-state index is 13.6. The van der Waals surface area contributed by atoms with Gasteiger partial charge in [-0.3, -0.25) is 14.4 Å². The fraction of sp³-hybridized carbons (Fsp3) is 0.378. The highest BCUT2D eigenvalue weighted by molar-refractivity contribution is 5.93. The van der Waals surface area contributed by atoms with Crippen molar-refractivity contribution in [3.05, 3.63) is 108 Å². The van der Waals surface area contributed by atoms with E-state index >= 15 is 0 Å². The molecule has 0 saturated carbocycles. The lowest BCUT2D eigenvalue weighted by molar-refractivity contribution is -0.150. The van der Waals surface area contributed by atoms with Gasteiger partial charge in [-0.15, -0.1) is 0 Å². The van der Waals surface area contributed by atoms with Crippen LogP contribution in [0.25, 0.3) is 0 Å². The first-order valence-electron chi connectivity index (χ1n) is 16.0. The highest BCUT2D eigenvalue weighted by atomic mass is 16.6. The van der Waals surface area contributed by atoms with Gasteiger partial charge in [-0.05, 0) is 50.3 Å². The van der Waals surface area contributed by atoms with Crippen LogP contribution in [0, 0.1) is 0 Å². The van der Waals surface area contributed by atoms with Crippen LogP contribution in [0.1, 0.15) is 63.1 Å². The monoisotopic (exact) mass is 659 g/mol. The van der Waals surface area contributed by atoms with Gasteiger partial charge in [-0.25, -0.2) is 9.59 Å². The molecule has 3 amide bonds. The lowest BCUT2D eigenvalue weighted by Crippen LogP contribution is -2.53. The van der Waals surface area contributed by atoms with Crippen molar-refractivity contribution in [1.82, 2.24) is 16.0 Å². The number of carbonyl (C=O) groups excluding carboxylic acids is 5. The minimum absolute atomic E-state index is 0.00491. The van der Waals surface area contributed by atoms with Crippen molar-refractivity contribution in [1.29, 1.82) is 0 Å². The Balaban J connectivity index is 1.65. The average molecular weight is 660 g/mol. The topological polar surface area (TPSA) is 149 Å². The fourth-order valence-electron chi connectivity index (χ4n) is 4.50. The van der Waals surface area contributed by atoms with Gasteiger partial charge in [-0.1, -0.05) is 91.0 Å². The van der Waals surface area contributed by atoms with Crippen molar-refractivity contribution >= 4 is 29.8 Å². The molecule has 0 bridgehead atoms. The van der Waals surface area contributed by atoms with Gasteiger partial charge in [0.15, 0.2) is 0 Å². The molecule has 0 aromatic heterocycles. The van der Waals surface area contributed by atoms with Gasteiger partial charge < -0.3 is 30.2 Å². The van der Waals surface area contributed by atoms with Crippen LogP contribution in [0.5, 0.6) is 0 Å². The third-order valence-electron chi connectivity index (χ3n) is 6.87. The van der Waals surface area contributed by atoms with Crippen molar-refractivity contribution in [3.63, 3.8) is 0 Å². The molecule has 11 nitrogen and oxygen atoms in total. The summed E-state index contributed by atoms with van der Waals surface area (Å²) >= 11 is 0. The quantitative estimate of drug-likeness (QED) is 0.107. The van der Waals surface area contributed by atoms with Gasteiger partial charge >= 0.3 is 18.0 Å². The minimum Gasteiger partial charge on any atom is -0.461 e. The fourth-order valence-corrected chi connectivity index (χ4v) is 4.50. The summed E-state index contributed by atoms with van der Waals surface area (Å²) < 4.78 is 16.1. The van der Waals surface area contributed by atoms with Crippen LogP contribution >= 0.6 is 0 Å². The summed E-state index contributed by atoms with van der Waals surface area (Å²) in [5.41, 5.74) is 1.70. The summed E-state index contributed by atoms with van der Waals surface area (Å²) in [6.45, 7) is 5.59. The Morgan fingerprint density at radius 1 is 0.667 bits per heavy atom. The van der Waals surface area contributed by atoms with E-state index in [9.17, 15) is 24.0 Å². The van der Waals surface area contributed by atoms with E-state index in [-0.39, 0.29) is 26.1 Å². The van der Waals surface area contributed by atoms with E-state index < -0.39 is 54.0 Å². The Hall–Kier alpha value is -5.19. The summed E-state index contributed by atoms with van der Waals surface area (Å²) in [6.07, 6.45) is 0.0354. The Morgan fingerprint density at radius 2 is 1.21 bits per heavy atom. The highest BCUT2D eigenvalue weighted by Crippen LogP contribution is 2.10. The first-order valence-corrected chi connectivity index (χ1v) is 16.0. The molecule has 0 aliphatic rings. The van der Waals surface area contributed by atoms with Crippen molar-refractivity contribution in [3.8, 4) is 0 Å². The molecule has 0 aliphatic heterocycles. The van der Waals surface area contributed by atoms with Crippen LogP contribution < -0.4 is 16.0 Å². The van der Waals surface area contributed by atoms with Gasteiger partial charge in [0.05, 0.1) is 6.42 Å². The van der Waals surface area contributed by atoms with Crippen LogP contribution in [-0.4, -0.2) is 54.1 Å². The number of ether oxygens (including phenoxy) is 3. The van der Waals surface area contributed by atoms with Crippen molar-refractivity contribution in [2.24, 2.45) is 0 Å². The Morgan fingerprint density at radius 3 is 1.77 bits per heavy atom. The maximum Gasteiger partial charge on any atom is 0.407 e. The van der Waals surface area contributed by atoms with Gasteiger partial charge in [-0.2, -0.15) is 0 Å². The first-order chi connectivity index (χ1) is 23.0. The largest absolute Gasteiger partial charge is 0.461 e. The van der Waals surface area contributed by atoms with E-state index in [4.69, 9.17) is 14.2 Å². The molecule has 0 fully saturated rings. The molecule has 3 aromatic rings. The van der Waals surface area contributed by atoms with Gasteiger partial charge in [0.2, 0.25) is 11.8 Å². The van der Waals surface area contributed by atoms with E-state index in [0.717, 1.165) is 16.7 Å². The lowest BCUT2D eigenvalue weighted by atomic mass is 10.0. The van der Waals surface area contributed by atoms with E-state index in [0.29, 0.717) is 19.4 Å². The number of unbranched alkanes of at least 4 members (excludes halogenated alkanes) is 1. The number of alkyl carbamates (subject to hydrolysis) is 1. The Labute approximate surface area is 281 Å². The molecule has 0 heterocycles. The second-order valence-electron chi connectivity index (χ2n) is 12.2. The highest BCUT2D eigenvalue weighted by Gasteiger charge is 2.30. The third kappa shape index (κ3) is 14.9. The lowest BCUT2D eigenvalue weighted by Gasteiger charge is -2.23. The zero-order valence-corrected chi connectivity index (χ0v) is 27.7. The molecule has 0 aliphatic carbocycles. The van der Waals surface area contributed by atoms with Gasteiger partial charge in [0, 0.05) is 19.4 Å². The molecule has 0 unspecified atom stereocenters. The van der Waals surface area contributed by atoms with Crippen molar-refractivity contribution in [2.75, 3.05) is 6.54 Å². The molecule has 3 N–H and O–H groups in total. The van der Waals surface area contributed by atoms with Crippen LogP contribution in [0.15, 0.2) is 91.0 Å². The SMILES string of the molecule is CC(C)(C)OC(=O)NCCCCC(=O)N[C@@H](CC(=O)OCc1ccccc1)C(=O)N[C@@H](Cc1ccccc1)C(=O)OCc1ccccc1. The molecule has 3 aromatic carbocycles. The zero-order valence-electron chi connectivity index (χ0n) is 27.7. The smallest absolute Gasteiger partial charge is 0.407 e. The number of esters is 2. The number of hydrogen-bond donors (Lipinski definition) is 3.